The molecule has 0 spiro atoms. The second-order valence-electron chi connectivity index (χ2n) is 4.84. The number of phenolic OH excluding ortho intramolecular Hbond substituents is 4. The summed E-state index contributed by atoms with van der Waals surface area (Å²) in [5, 5.41) is 39.5. The Bertz CT molecular complexity index is 811. The summed E-state index contributed by atoms with van der Waals surface area (Å²) in [7, 11) is 0. The van der Waals surface area contributed by atoms with Crippen LogP contribution in [0.15, 0.2) is 24.3 Å². The Kier molecular flexibility index (Phi) is 2.88. The lowest BCUT2D eigenvalue weighted by Gasteiger charge is -2.12. The van der Waals surface area contributed by atoms with E-state index in [1.165, 1.54) is 24.3 Å². The van der Waals surface area contributed by atoms with Crippen LogP contribution in [-0.2, 0) is 0 Å². The van der Waals surface area contributed by atoms with E-state index in [1.807, 2.05) is 0 Å². The molecular formula is C16H10O6. The third kappa shape index (κ3) is 1.74. The number of aromatic hydroxyl groups is 4. The zero-order valence-electron chi connectivity index (χ0n) is 11.1. The van der Waals surface area contributed by atoms with Gasteiger partial charge in [0.2, 0.25) is 0 Å². The maximum absolute atomic E-state index is 11.4. The summed E-state index contributed by atoms with van der Waals surface area (Å²) in [6.45, 7) is 0. The number of rotatable bonds is 2. The molecule has 3 aromatic rings. The van der Waals surface area contributed by atoms with Gasteiger partial charge in [0, 0.05) is 11.1 Å². The van der Waals surface area contributed by atoms with Gasteiger partial charge >= 0.3 is 0 Å². The molecular weight excluding hydrogens is 288 g/mol. The minimum Gasteiger partial charge on any atom is -0.504 e. The predicted octanol–water partition coefficient (Wildman–Crippen LogP) is 2.44. The van der Waals surface area contributed by atoms with Crippen LogP contribution < -0.4 is 0 Å². The van der Waals surface area contributed by atoms with Crippen molar-refractivity contribution in [1.29, 1.82) is 0 Å². The zero-order chi connectivity index (χ0) is 16.0. The second kappa shape index (κ2) is 4.63. The van der Waals surface area contributed by atoms with Gasteiger partial charge in [0.05, 0.1) is 0 Å². The van der Waals surface area contributed by atoms with Crippen LogP contribution in [0.4, 0.5) is 0 Å². The van der Waals surface area contributed by atoms with Gasteiger partial charge in [-0.25, -0.2) is 0 Å². The molecule has 0 radical (unpaired) electrons. The third-order valence-corrected chi connectivity index (χ3v) is 3.63. The van der Waals surface area contributed by atoms with Gasteiger partial charge in [-0.15, -0.1) is 0 Å². The van der Waals surface area contributed by atoms with Crippen molar-refractivity contribution in [3.8, 4) is 23.0 Å². The van der Waals surface area contributed by atoms with Crippen LogP contribution >= 0.6 is 0 Å². The van der Waals surface area contributed by atoms with Gasteiger partial charge in [-0.2, -0.15) is 0 Å². The highest BCUT2D eigenvalue weighted by Crippen LogP contribution is 2.40. The highest BCUT2D eigenvalue weighted by atomic mass is 16.3. The lowest BCUT2D eigenvalue weighted by molar-refractivity contribution is 0.111. The quantitative estimate of drug-likeness (QED) is 0.328. The molecule has 0 amide bonds. The maximum atomic E-state index is 11.4. The molecule has 0 atom stereocenters. The Morgan fingerprint density at radius 2 is 0.773 bits per heavy atom. The van der Waals surface area contributed by atoms with Gasteiger partial charge < -0.3 is 20.4 Å². The average molecular weight is 298 g/mol. The van der Waals surface area contributed by atoms with E-state index >= 15 is 0 Å². The first kappa shape index (κ1) is 13.7. The van der Waals surface area contributed by atoms with Crippen molar-refractivity contribution in [3.05, 3.63) is 35.4 Å². The van der Waals surface area contributed by atoms with Gasteiger partial charge in [0.1, 0.15) is 0 Å². The normalized spacial score (nSPS) is 10.9. The molecule has 0 unspecified atom stereocenters. The van der Waals surface area contributed by atoms with Gasteiger partial charge in [0.15, 0.2) is 35.6 Å². The number of carbonyl (C=O) groups excluding carboxylic acids is 2. The Hall–Kier alpha value is -3.28. The molecule has 0 saturated heterocycles. The molecule has 0 aliphatic heterocycles. The van der Waals surface area contributed by atoms with E-state index in [1.54, 1.807) is 0 Å². The van der Waals surface area contributed by atoms with E-state index < -0.39 is 23.0 Å². The summed E-state index contributed by atoms with van der Waals surface area (Å²) < 4.78 is 0. The first-order valence-electron chi connectivity index (χ1n) is 6.25. The first-order valence-corrected chi connectivity index (χ1v) is 6.25. The van der Waals surface area contributed by atoms with Gasteiger partial charge in [-0.3, -0.25) is 9.59 Å². The number of fused-ring (bicyclic) bond motifs is 2. The van der Waals surface area contributed by atoms with Gasteiger partial charge in [-0.1, -0.05) is 0 Å². The largest absolute Gasteiger partial charge is 0.504 e. The summed E-state index contributed by atoms with van der Waals surface area (Å²) in [6.07, 6.45) is 1.04. The average Bonchev–Trinajstić information content (AvgIpc) is 2.48. The molecule has 0 heterocycles. The standard InChI is InChI=1S/C16H10O6/c17-5-11-7-1-13(19)14(20)2-8(7)12(6-18)10-4-16(22)15(21)3-9(10)11/h1-6,19-22H. The Balaban J connectivity index is 2.69. The van der Waals surface area contributed by atoms with Crippen molar-refractivity contribution >= 4 is 34.1 Å². The molecule has 6 heteroatoms. The number of hydrogen-bond donors (Lipinski definition) is 4. The van der Waals surface area contributed by atoms with Crippen LogP contribution in [0.1, 0.15) is 20.7 Å². The Morgan fingerprint density at radius 1 is 0.545 bits per heavy atom. The van der Waals surface area contributed by atoms with Crippen molar-refractivity contribution in [2.24, 2.45) is 0 Å². The minimum absolute atomic E-state index is 0.126. The van der Waals surface area contributed by atoms with Crippen molar-refractivity contribution in [3.63, 3.8) is 0 Å². The van der Waals surface area contributed by atoms with Crippen molar-refractivity contribution in [2.45, 2.75) is 0 Å². The van der Waals surface area contributed by atoms with E-state index in [4.69, 9.17) is 0 Å². The van der Waals surface area contributed by atoms with Crippen LogP contribution in [0.2, 0.25) is 0 Å². The summed E-state index contributed by atoms with van der Waals surface area (Å²) in [4.78, 5) is 22.9. The molecule has 0 aliphatic carbocycles. The predicted molar refractivity (Wildman–Crippen MR) is 78.9 cm³/mol. The molecule has 0 bridgehead atoms. The highest BCUT2D eigenvalue weighted by molar-refractivity contribution is 6.21. The molecule has 3 rings (SSSR count). The maximum Gasteiger partial charge on any atom is 0.158 e. The topological polar surface area (TPSA) is 115 Å². The molecule has 0 aromatic heterocycles. The fourth-order valence-electron chi connectivity index (χ4n) is 2.59. The summed E-state index contributed by atoms with van der Waals surface area (Å²) in [6, 6.07) is 4.69. The summed E-state index contributed by atoms with van der Waals surface area (Å²) >= 11 is 0. The fraction of sp³-hybridized carbons (Fsp3) is 0. The van der Waals surface area contributed by atoms with Crippen LogP contribution in [-0.4, -0.2) is 33.0 Å². The smallest absolute Gasteiger partial charge is 0.158 e. The third-order valence-electron chi connectivity index (χ3n) is 3.63. The van der Waals surface area contributed by atoms with Crippen LogP contribution in [0.5, 0.6) is 23.0 Å². The fourth-order valence-corrected chi connectivity index (χ4v) is 2.59. The van der Waals surface area contributed by atoms with Crippen molar-refractivity contribution in [2.75, 3.05) is 0 Å². The Labute approximate surface area is 123 Å². The number of aldehydes is 2. The molecule has 3 aromatic carbocycles. The molecule has 0 saturated carbocycles. The highest BCUT2D eigenvalue weighted by Gasteiger charge is 2.17. The molecule has 4 N–H and O–H groups in total. The van der Waals surface area contributed by atoms with E-state index in [2.05, 4.69) is 0 Å². The van der Waals surface area contributed by atoms with E-state index in [0.717, 1.165) is 0 Å². The second-order valence-corrected chi connectivity index (χ2v) is 4.84. The van der Waals surface area contributed by atoms with Gasteiger partial charge in [-0.05, 0) is 45.8 Å². The minimum atomic E-state index is -0.435. The number of hydrogen-bond acceptors (Lipinski definition) is 6. The molecule has 22 heavy (non-hydrogen) atoms. The SMILES string of the molecule is O=Cc1c2cc(O)c(O)cc2c(C=O)c2cc(O)c(O)cc12. The zero-order valence-corrected chi connectivity index (χ0v) is 11.1. The van der Waals surface area contributed by atoms with E-state index in [9.17, 15) is 30.0 Å². The number of benzene rings is 3. The summed E-state index contributed by atoms with van der Waals surface area (Å²) in [5.74, 6) is -1.74. The van der Waals surface area contributed by atoms with Crippen molar-refractivity contribution in [1.82, 2.24) is 0 Å². The van der Waals surface area contributed by atoms with Crippen LogP contribution in [0.25, 0.3) is 21.5 Å². The lowest BCUT2D eigenvalue weighted by atomic mass is 9.92. The molecule has 6 nitrogen and oxygen atoms in total. The first-order chi connectivity index (χ1) is 10.5. The van der Waals surface area contributed by atoms with Crippen molar-refractivity contribution < 1.29 is 30.0 Å². The molecule has 0 aliphatic rings. The van der Waals surface area contributed by atoms with Gasteiger partial charge in [0.25, 0.3) is 0 Å². The monoisotopic (exact) mass is 298 g/mol. The molecule has 110 valence electrons. The van der Waals surface area contributed by atoms with E-state index in [-0.39, 0.29) is 32.7 Å². The Morgan fingerprint density at radius 3 is 0.955 bits per heavy atom. The molecule has 0 fully saturated rings. The lowest BCUT2D eigenvalue weighted by Crippen LogP contribution is -1.94. The van der Waals surface area contributed by atoms with Crippen LogP contribution in [0, 0.1) is 0 Å². The van der Waals surface area contributed by atoms with E-state index in [0.29, 0.717) is 12.6 Å². The number of phenols is 4. The number of carbonyl (C=O) groups is 2. The van der Waals surface area contributed by atoms with Crippen LogP contribution in [0.3, 0.4) is 0 Å². The summed E-state index contributed by atoms with van der Waals surface area (Å²) in [5.41, 5.74) is 0.252.